The van der Waals surface area contributed by atoms with E-state index in [1.54, 1.807) is 24.4 Å². The molecule has 23 heavy (non-hydrogen) atoms. The number of ether oxygens (including phenoxy) is 1. The lowest BCUT2D eigenvalue weighted by Crippen LogP contribution is -2.42. The Morgan fingerprint density at radius 3 is 3.00 bits per heavy atom. The number of amides is 1. The molecule has 1 aliphatic heterocycles. The third-order valence-corrected chi connectivity index (χ3v) is 4.36. The highest BCUT2D eigenvalue weighted by Crippen LogP contribution is 2.18. The summed E-state index contributed by atoms with van der Waals surface area (Å²) in [6, 6.07) is 5.13. The van der Waals surface area contributed by atoms with Gasteiger partial charge in [-0.3, -0.25) is 9.59 Å². The largest absolute Gasteiger partial charge is 0.379 e. The van der Waals surface area contributed by atoms with Gasteiger partial charge in [0.15, 0.2) is 0 Å². The molecule has 0 aliphatic carbocycles. The van der Waals surface area contributed by atoms with Crippen molar-refractivity contribution in [2.24, 2.45) is 0 Å². The number of aromatic nitrogens is 1. The summed E-state index contributed by atoms with van der Waals surface area (Å²) >= 11 is 6.01. The van der Waals surface area contributed by atoms with Crippen molar-refractivity contribution >= 4 is 28.4 Å². The van der Waals surface area contributed by atoms with E-state index in [1.807, 2.05) is 11.5 Å². The Kier molecular flexibility index (Phi) is 4.68. The van der Waals surface area contributed by atoms with E-state index < -0.39 is 0 Å². The number of nitrogens with zero attached hydrogens (tertiary/aromatic N) is 1. The normalized spacial score (nSPS) is 18.1. The lowest BCUT2D eigenvalue weighted by molar-refractivity contribution is 0.0623. The highest BCUT2D eigenvalue weighted by atomic mass is 35.5. The zero-order chi connectivity index (χ0) is 16.4. The number of benzene rings is 1. The standard InChI is InChI=1S/C17H19ClN2O3/c1-2-20-9-14(17(22)19-12-4-3-7-23-10-12)16(21)13-8-11(18)5-6-15(13)20/h5-6,8-9,12H,2-4,7,10H2,1H3,(H,19,22)/t12-/m0/s1. The number of fused-ring (bicyclic) bond motifs is 1. The summed E-state index contributed by atoms with van der Waals surface area (Å²) in [6.07, 6.45) is 3.40. The second-order valence-corrected chi connectivity index (χ2v) is 6.14. The van der Waals surface area contributed by atoms with Gasteiger partial charge in [-0.05, 0) is 38.0 Å². The van der Waals surface area contributed by atoms with Gasteiger partial charge in [-0.25, -0.2) is 0 Å². The van der Waals surface area contributed by atoms with Crippen molar-refractivity contribution in [2.45, 2.75) is 32.4 Å². The molecule has 1 saturated heterocycles. The monoisotopic (exact) mass is 334 g/mol. The molecule has 2 heterocycles. The second kappa shape index (κ2) is 6.72. The van der Waals surface area contributed by atoms with Crippen molar-refractivity contribution in [3.63, 3.8) is 0 Å². The van der Waals surface area contributed by atoms with Crippen LogP contribution >= 0.6 is 11.6 Å². The van der Waals surface area contributed by atoms with Crippen LogP contribution in [0.5, 0.6) is 0 Å². The highest BCUT2D eigenvalue weighted by Gasteiger charge is 2.20. The maximum atomic E-state index is 12.7. The fourth-order valence-corrected chi connectivity index (χ4v) is 3.08. The molecule has 0 unspecified atom stereocenters. The van der Waals surface area contributed by atoms with Crippen LogP contribution in [-0.4, -0.2) is 29.7 Å². The van der Waals surface area contributed by atoms with Gasteiger partial charge in [0.25, 0.3) is 5.91 Å². The Hall–Kier alpha value is -1.85. The van der Waals surface area contributed by atoms with E-state index >= 15 is 0 Å². The molecule has 1 aliphatic rings. The molecule has 6 heteroatoms. The first-order valence-corrected chi connectivity index (χ1v) is 8.19. The first-order valence-electron chi connectivity index (χ1n) is 7.81. The highest BCUT2D eigenvalue weighted by molar-refractivity contribution is 6.31. The van der Waals surface area contributed by atoms with Crippen LogP contribution in [0.25, 0.3) is 10.9 Å². The summed E-state index contributed by atoms with van der Waals surface area (Å²) in [5.74, 6) is -0.352. The Morgan fingerprint density at radius 2 is 2.30 bits per heavy atom. The van der Waals surface area contributed by atoms with Crippen molar-refractivity contribution in [3.05, 3.63) is 45.2 Å². The number of rotatable bonds is 3. The maximum Gasteiger partial charge on any atom is 0.257 e. The number of halogens is 1. The van der Waals surface area contributed by atoms with Gasteiger partial charge in [0.2, 0.25) is 5.43 Å². The molecule has 122 valence electrons. The summed E-state index contributed by atoms with van der Waals surface area (Å²) in [4.78, 5) is 25.2. The molecule has 1 N–H and O–H groups in total. The van der Waals surface area contributed by atoms with Crippen molar-refractivity contribution < 1.29 is 9.53 Å². The van der Waals surface area contributed by atoms with Crippen LogP contribution in [0.3, 0.4) is 0 Å². The Balaban J connectivity index is 2.01. The van der Waals surface area contributed by atoms with Crippen LogP contribution in [0.1, 0.15) is 30.1 Å². The van der Waals surface area contributed by atoms with Gasteiger partial charge in [-0.2, -0.15) is 0 Å². The van der Waals surface area contributed by atoms with Gasteiger partial charge in [0.1, 0.15) is 5.56 Å². The van der Waals surface area contributed by atoms with Crippen molar-refractivity contribution in [1.29, 1.82) is 0 Å². The third-order valence-electron chi connectivity index (χ3n) is 4.12. The summed E-state index contributed by atoms with van der Waals surface area (Å²) in [6.45, 7) is 3.84. The van der Waals surface area contributed by atoms with E-state index in [-0.39, 0.29) is 22.9 Å². The number of nitrogens with one attached hydrogen (secondary N) is 1. The van der Waals surface area contributed by atoms with E-state index in [2.05, 4.69) is 5.32 Å². The SMILES string of the molecule is CCn1cc(C(=O)N[C@H]2CCCOC2)c(=O)c2cc(Cl)ccc21. The number of aryl methyl sites for hydroxylation is 1. The van der Waals surface area contributed by atoms with Gasteiger partial charge in [-0.15, -0.1) is 0 Å². The molecule has 0 radical (unpaired) electrons. The first-order chi connectivity index (χ1) is 11.1. The minimum absolute atomic E-state index is 0.0409. The maximum absolute atomic E-state index is 12.7. The molecule has 0 spiro atoms. The van der Waals surface area contributed by atoms with Gasteiger partial charge >= 0.3 is 0 Å². The van der Waals surface area contributed by atoms with Crippen LogP contribution in [0.2, 0.25) is 5.02 Å². The molecule has 2 aromatic rings. The van der Waals surface area contributed by atoms with E-state index in [0.29, 0.717) is 23.6 Å². The molecule has 0 bridgehead atoms. The van der Waals surface area contributed by atoms with Gasteiger partial charge in [-0.1, -0.05) is 11.6 Å². The number of pyridine rings is 1. The molecule has 0 saturated carbocycles. The summed E-state index contributed by atoms with van der Waals surface area (Å²) in [7, 11) is 0. The van der Waals surface area contributed by atoms with E-state index in [1.165, 1.54) is 0 Å². The first kappa shape index (κ1) is 16.0. The predicted molar refractivity (Wildman–Crippen MR) is 90.2 cm³/mol. The van der Waals surface area contributed by atoms with E-state index in [0.717, 1.165) is 25.0 Å². The molecule has 1 aromatic carbocycles. The fourth-order valence-electron chi connectivity index (χ4n) is 2.91. The fraction of sp³-hybridized carbons (Fsp3) is 0.412. The Labute approximate surface area is 139 Å². The van der Waals surface area contributed by atoms with Gasteiger partial charge < -0.3 is 14.6 Å². The summed E-state index contributed by atoms with van der Waals surface area (Å²) in [5.41, 5.74) is 0.632. The predicted octanol–water partition coefficient (Wildman–Crippen LogP) is 2.58. The van der Waals surface area contributed by atoms with E-state index in [9.17, 15) is 9.59 Å². The third kappa shape index (κ3) is 3.26. The molecule has 1 atom stereocenters. The lowest BCUT2D eigenvalue weighted by Gasteiger charge is -2.23. The Bertz CT molecular complexity index is 794. The molecule has 1 fully saturated rings. The minimum Gasteiger partial charge on any atom is -0.379 e. The quantitative estimate of drug-likeness (QED) is 0.938. The smallest absolute Gasteiger partial charge is 0.257 e. The van der Waals surface area contributed by atoms with Gasteiger partial charge in [0, 0.05) is 29.8 Å². The molecular weight excluding hydrogens is 316 g/mol. The number of carbonyl (C=O) groups is 1. The summed E-state index contributed by atoms with van der Waals surface area (Å²) < 4.78 is 7.25. The van der Waals surface area contributed by atoms with Crippen LogP contribution in [0.4, 0.5) is 0 Å². The Morgan fingerprint density at radius 1 is 1.48 bits per heavy atom. The average molecular weight is 335 g/mol. The van der Waals surface area contributed by atoms with E-state index in [4.69, 9.17) is 16.3 Å². The molecular formula is C17H19ClN2O3. The topological polar surface area (TPSA) is 60.3 Å². The molecule has 1 amide bonds. The second-order valence-electron chi connectivity index (χ2n) is 5.71. The zero-order valence-electron chi connectivity index (χ0n) is 13.0. The van der Waals surface area contributed by atoms with Crippen LogP contribution in [0.15, 0.2) is 29.2 Å². The van der Waals surface area contributed by atoms with Crippen molar-refractivity contribution in [1.82, 2.24) is 9.88 Å². The van der Waals surface area contributed by atoms with Crippen LogP contribution < -0.4 is 10.7 Å². The van der Waals surface area contributed by atoms with Crippen LogP contribution in [-0.2, 0) is 11.3 Å². The number of hydrogen-bond acceptors (Lipinski definition) is 3. The van der Waals surface area contributed by atoms with Crippen molar-refractivity contribution in [2.75, 3.05) is 13.2 Å². The van der Waals surface area contributed by atoms with Crippen molar-refractivity contribution in [3.8, 4) is 0 Å². The molecule has 3 rings (SSSR count). The average Bonchev–Trinajstić information content (AvgIpc) is 2.56. The number of carbonyl (C=O) groups excluding carboxylic acids is 1. The van der Waals surface area contributed by atoms with Crippen LogP contribution in [0, 0.1) is 0 Å². The molecule has 1 aromatic heterocycles. The summed E-state index contributed by atoms with van der Waals surface area (Å²) in [5, 5.41) is 3.84. The number of hydrogen-bond donors (Lipinski definition) is 1. The molecule has 5 nitrogen and oxygen atoms in total. The lowest BCUT2D eigenvalue weighted by atomic mass is 10.1. The zero-order valence-corrected chi connectivity index (χ0v) is 13.7. The van der Waals surface area contributed by atoms with Gasteiger partial charge in [0.05, 0.1) is 18.2 Å². The minimum atomic E-state index is -0.352.